The molecule has 0 fully saturated rings. The number of hydrogen-bond donors (Lipinski definition) is 0. The van der Waals surface area contributed by atoms with Gasteiger partial charge in [0.05, 0.1) is 11.4 Å². The van der Waals surface area contributed by atoms with Crippen molar-refractivity contribution in [3.8, 4) is 11.4 Å². The number of hydrogen-bond acceptors (Lipinski definition) is 2. The normalized spacial score (nSPS) is 11.1. The molecule has 166 valence electrons. The van der Waals surface area contributed by atoms with Crippen molar-refractivity contribution >= 4 is 11.6 Å². The fourth-order valence-corrected chi connectivity index (χ4v) is 4.19. The Morgan fingerprint density at radius 2 is 1.23 bits per heavy atom. The second-order valence-corrected chi connectivity index (χ2v) is 8.98. The van der Waals surface area contributed by atoms with Gasteiger partial charge in [0.15, 0.2) is 0 Å². The molecule has 0 bridgehead atoms. The van der Waals surface area contributed by atoms with Gasteiger partial charge in [-0.1, -0.05) is 114 Å². The number of aryl methyl sites for hydroxylation is 1. The molecule has 0 aliphatic heterocycles. The number of pyridine rings is 2. The first kappa shape index (κ1) is 24.9. The monoisotopic (exact) mass is 428 g/mol. The second kappa shape index (κ2) is 16.3. The van der Waals surface area contributed by atoms with Crippen LogP contribution >= 0.6 is 11.6 Å². The SMILES string of the molecule is CCCCCCCCCCCCCCCCCc1ccnc(-c2cccc(Cl)n2)c1. The van der Waals surface area contributed by atoms with E-state index in [0.29, 0.717) is 5.15 Å². The lowest BCUT2D eigenvalue weighted by Gasteiger charge is -2.05. The van der Waals surface area contributed by atoms with Crippen LogP contribution in [0.2, 0.25) is 5.15 Å². The minimum Gasteiger partial charge on any atom is -0.255 e. The van der Waals surface area contributed by atoms with E-state index >= 15 is 0 Å². The van der Waals surface area contributed by atoms with Gasteiger partial charge in [-0.3, -0.25) is 4.98 Å². The summed E-state index contributed by atoms with van der Waals surface area (Å²) in [4.78, 5) is 8.81. The lowest BCUT2D eigenvalue weighted by molar-refractivity contribution is 0.532. The third-order valence-corrected chi connectivity index (χ3v) is 6.08. The van der Waals surface area contributed by atoms with E-state index < -0.39 is 0 Å². The van der Waals surface area contributed by atoms with Crippen molar-refractivity contribution < 1.29 is 0 Å². The molecular formula is C27H41ClN2. The van der Waals surface area contributed by atoms with Gasteiger partial charge in [0, 0.05) is 6.20 Å². The fourth-order valence-electron chi connectivity index (χ4n) is 4.02. The van der Waals surface area contributed by atoms with Crippen LogP contribution in [0.1, 0.15) is 109 Å². The highest BCUT2D eigenvalue weighted by Gasteiger charge is 2.03. The first-order valence-corrected chi connectivity index (χ1v) is 12.8. The molecule has 2 aromatic rings. The Hall–Kier alpha value is -1.41. The van der Waals surface area contributed by atoms with Crippen LogP contribution in [0.15, 0.2) is 36.5 Å². The standard InChI is InChI=1S/C27H41ClN2/c1-2-3-4-5-6-7-8-9-10-11-12-13-14-15-16-18-24-21-22-29-26(23-24)25-19-17-20-27(28)30-25/h17,19-23H,2-16,18H2,1H3. The largest absolute Gasteiger partial charge is 0.255 e. The summed E-state index contributed by atoms with van der Waals surface area (Å²) in [5.41, 5.74) is 3.10. The van der Waals surface area contributed by atoms with Crippen molar-refractivity contribution in [1.82, 2.24) is 9.97 Å². The number of nitrogens with zero attached hydrogens (tertiary/aromatic N) is 2. The number of rotatable bonds is 17. The van der Waals surface area contributed by atoms with Crippen LogP contribution < -0.4 is 0 Å². The number of aromatic nitrogens is 2. The molecule has 0 spiro atoms. The lowest BCUT2D eigenvalue weighted by Crippen LogP contribution is -1.92. The van der Waals surface area contributed by atoms with E-state index in [1.165, 1.54) is 102 Å². The van der Waals surface area contributed by atoms with Gasteiger partial charge >= 0.3 is 0 Å². The van der Waals surface area contributed by atoms with E-state index in [1.807, 2.05) is 18.3 Å². The van der Waals surface area contributed by atoms with Crippen LogP contribution in [0.5, 0.6) is 0 Å². The van der Waals surface area contributed by atoms with Crippen molar-refractivity contribution in [2.45, 2.75) is 110 Å². The first-order valence-electron chi connectivity index (χ1n) is 12.4. The maximum absolute atomic E-state index is 6.00. The lowest BCUT2D eigenvalue weighted by atomic mass is 10.0. The average molecular weight is 429 g/mol. The number of unbranched alkanes of at least 4 members (excludes halogenated alkanes) is 14. The molecule has 0 aliphatic rings. The molecule has 0 aliphatic carbocycles. The summed E-state index contributed by atoms with van der Waals surface area (Å²) >= 11 is 6.00. The van der Waals surface area contributed by atoms with E-state index in [1.54, 1.807) is 6.07 Å². The average Bonchev–Trinajstić information content (AvgIpc) is 2.76. The predicted octanol–water partition coefficient (Wildman–Crippen LogP) is 9.21. The molecule has 30 heavy (non-hydrogen) atoms. The fraction of sp³-hybridized carbons (Fsp3) is 0.630. The third kappa shape index (κ3) is 11.1. The highest BCUT2D eigenvalue weighted by molar-refractivity contribution is 6.29. The first-order chi connectivity index (χ1) is 14.8. The van der Waals surface area contributed by atoms with Crippen LogP contribution in [0, 0.1) is 0 Å². The van der Waals surface area contributed by atoms with Gasteiger partial charge in [0.1, 0.15) is 5.15 Å². The van der Waals surface area contributed by atoms with Crippen molar-refractivity contribution in [3.05, 3.63) is 47.2 Å². The topological polar surface area (TPSA) is 25.8 Å². The zero-order chi connectivity index (χ0) is 21.3. The molecule has 0 unspecified atom stereocenters. The zero-order valence-corrected chi connectivity index (χ0v) is 19.8. The molecule has 2 nitrogen and oxygen atoms in total. The maximum atomic E-state index is 6.00. The molecule has 0 radical (unpaired) electrons. The second-order valence-electron chi connectivity index (χ2n) is 8.59. The van der Waals surface area contributed by atoms with Crippen molar-refractivity contribution in [2.24, 2.45) is 0 Å². The Kier molecular flexibility index (Phi) is 13.5. The Bertz CT molecular complexity index is 686. The summed E-state index contributed by atoms with van der Waals surface area (Å²) in [7, 11) is 0. The third-order valence-electron chi connectivity index (χ3n) is 5.87. The summed E-state index contributed by atoms with van der Waals surface area (Å²) in [6.07, 6.45) is 24.1. The van der Waals surface area contributed by atoms with E-state index in [2.05, 4.69) is 29.0 Å². The van der Waals surface area contributed by atoms with E-state index in [-0.39, 0.29) is 0 Å². The minimum absolute atomic E-state index is 0.516. The van der Waals surface area contributed by atoms with Gasteiger partial charge in [0.2, 0.25) is 0 Å². The van der Waals surface area contributed by atoms with Crippen molar-refractivity contribution in [1.29, 1.82) is 0 Å². The molecular weight excluding hydrogens is 388 g/mol. The van der Waals surface area contributed by atoms with E-state index in [9.17, 15) is 0 Å². The van der Waals surface area contributed by atoms with Crippen molar-refractivity contribution in [3.63, 3.8) is 0 Å². The molecule has 0 saturated heterocycles. The molecule has 0 N–H and O–H groups in total. The van der Waals surface area contributed by atoms with Gasteiger partial charge in [-0.2, -0.15) is 0 Å². The summed E-state index contributed by atoms with van der Waals surface area (Å²) in [6, 6.07) is 9.96. The van der Waals surface area contributed by atoms with Gasteiger partial charge in [-0.05, 0) is 42.7 Å². The Labute approximate surface area is 189 Å². The maximum Gasteiger partial charge on any atom is 0.129 e. The van der Waals surface area contributed by atoms with Crippen LogP contribution in [0.3, 0.4) is 0 Å². The molecule has 0 amide bonds. The van der Waals surface area contributed by atoms with Crippen LogP contribution in [-0.4, -0.2) is 9.97 Å². The van der Waals surface area contributed by atoms with Crippen LogP contribution in [-0.2, 0) is 6.42 Å². The van der Waals surface area contributed by atoms with Gasteiger partial charge in [0.25, 0.3) is 0 Å². The van der Waals surface area contributed by atoms with Crippen LogP contribution in [0.25, 0.3) is 11.4 Å². The van der Waals surface area contributed by atoms with Gasteiger partial charge in [-0.25, -0.2) is 4.98 Å². The highest BCUT2D eigenvalue weighted by atomic mass is 35.5. The van der Waals surface area contributed by atoms with Gasteiger partial charge in [-0.15, -0.1) is 0 Å². The highest BCUT2D eigenvalue weighted by Crippen LogP contribution is 2.19. The molecule has 0 saturated carbocycles. The zero-order valence-electron chi connectivity index (χ0n) is 19.1. The minimum atomic E-state index is 0.516. The molecule has 3 heteroatoms. The predicted molar refractivity (Wildman–Crippen MR) is 131 cm³/mol. The molecule has 0 aromatic carbocycles. The quantitative estimate of drug-likeness (QED) is 0.185. The molecule has 2 heterocycles. The molecule has 2 aromatic heterocycles. The Balaban J connectivity index is 1.45. The van der Waals surface area contributed by atoms with Crippen molar-refractivity contribution in [2.75, 3.05) is 0 Å². The smallest absolute Gasteiger partial charge is 0.129 e. The van der Waals surface area contributed by atoms with Crippen LogP contribution in [0.4, 0.5) is 0 Å². The molecule has 0 atom stereocenters. The Morgan fingerprint density at radius 1 is 0.667 bits per heavy atom. The number of halogens is 1. The summed E-state index contributed by atoms with van der Waals surface area (Å²) in [6.45, 7) is 2.29. The molecule has 2 rings (SSSR count). The summed E-state index contributed by atoms with van der Waals surface area (Å²) in [5.74, 6) is 0. The van der Waals surface area contributed by atoms with Gasteiger partial charge < -0.3 is 0 Å². The summed E-state index contributed by atoms with van der Waals surface area (Å²) in [5, 5.41) is 0.516. The Morgan fingerprint density at radius 3 is 1.80 bits per heavy atom. The van der Waals surface area contributed by atoms with E-state index in [0.717, 1.165) is 17.8 Å². The summed E-state index contributed by atoms with van der Waals surface area (Å²) < 4.78 is 0. The van der Waals surface area contributed by atoms with E-state index in [4.69, 9.17) is 11.6 Å².